The lowest BCUT2D eigenvalue weighted by Gasteiger charge is -2.16. The number of primary amides is 2. The van der Waals surface area contributed by atoms with E-state index in [4.69, 9.17) is 21.4 Å². The second-order valence-electron chi connectivity index (χ2n) is 14.9. The van der Waals surface area contributed by atoms with E-state index < -0.39 is 23.4 Å². The molecule has 0 fully saturated rings. The summed E-state index contributed by atoms with van der Waals surface area (Å²) in [6, 6.07) is 27.1. The topological polar surface area (TPSA) is 215 Å². The van der Waals surface area contributed by atoms with Gasteiger partial charge in [0.25, 0.3) is 23.4 Å². The molecule has 0 aliphatic rings. The van der Waals surface area contributed by atoms with E-state index in [1.807, 2.05) is 56.3 Å². The number of anilines is 4. The minimum absolute atomic E-state index is 0.138. The minimum atomic E-state index is -1.05. The van der Waals surface area contributed by atoms with Gasteiger partial charge in [0.1, 0.15) is 28.9 Å². The van der Waals surface area contributed by atoms with Gasteiger partial charge in [-0.15, -0.1) is 0 Å². The number of fused-ring (bicyclic) bond motifs is 2. The smallest absolute Gasteiger partial charge is 0.289 e. The average molecular weight is 834 g/mol. The molecular weight excluding hydrogens is 793 g/mol. The fourth-order valence-corrected chi connectivity index (χ4v) is 6.96. The number of carbonyl (C=O) groups is 4. The predicted molar refractivity (Wildman–Crippen MR) is 235 cm³/mol. The SMILES string of the molecule is CC(C)c1ccc(-c2ccc(F)cc2)nc1Nc1cccc2[nH]cc(C(=O)C(N)=O)c12.CC(C)c1ccc(-c2ccc(F)cc2)nc1Nc1ccnc2[nH]cc(C(=O)C(N)=O)c12. The van der Waals surface area contributed by atoms with Crippen molar-refractivity contribution in [3.8, 4) is 22.5 Å². The maximum Gasteiger partial charge on any atom is 0.289 e. The summed E-state index contributed by atoms with van der Waals surface area (Å²) in [5, 5.41) is 7.64. The van der Waals surface area contributed by atoms with Crippen LogP contribution in [0.2, 0.25) is 0 Å². The van der Waals surface area contributed by atoms with Crippen molar-refractivity contribution in [1.82, 2.24) is 24.9 Å². The van der Waals surface area contributed by atoms with Crippen molar-refractivity contribution in [3.05, 3.63) is 150 Å². The molecule has 15 heteroatoms. The summed E-state index contributed by atoms with van der Waals surface area (Å²) in [7, 11) is 0. The third kappa shape index (κ3) is 8.77. The Morgan fingerprint density at radius 1 is 0.581 bits per heavy atom. The zero-order valence-electron chi connectivity index (χ0n) is 34.0. The van der Waals surface area contributed by atoms with Crippen LogP contribution in [0.25, 0.3) is 44.5 Å². The summed E-state index contributed by atoms with van der Waals surface area (Å²) >= 11 is 0. The first-order chi connectivity index (χ1) is 29.7. The summed E-state index contributed by atoms with van der Waals surface area (Å²) in [5.74, 6) is -2.74. The van der Waals surface area contributed by atoms with Crippen LogP contribution in [0.15, 0.2) is 116 Å². The number of hydrogen-bond donors (Lipinski definition) is 6. The number of nitrogens with two attached hydrogens (primary N) is 2. The Labute approximate surface area is 354 Å². The quantitative estimate of drug-likeness (QED) is 0.0510. The van der Waals surface area contributed by atoms with E-state index in [-0.39, 0.29) is 34.6 Å². The van der Waals surface area contributed by atoms with Crippen LogP contribution in [-0.4, -0.2) is 48.3 Å². The molecule has 5 heterocycles. The fraction of sp³-hybridized carbons (Fsp3) is 0.128. The van der Waals surface area contributed by atoms with E-state index in [1.54, 1.807) is 36.5 Å². The predicted octanol–water partition coefficient (Wildman–Crippen LogP) is 9.20. The number of Topliss-reactive ketones (excluding diaryl/α,β-unsaturated/α-hetero) is 2. The number of benzene rings is 3. The van der Waals surface area contributed by atoms with E-state index in [9.17, 15) is 28.0 Å². The number of H-pyrrole nitrogens is 2. The molecule has 0 aliphatic carbocycles. The van der Waals surface area contributed by atoms with Crippen LogP contribution in [0.3, 0.4) is 0 Å². The first kappa shape index (κ1) is 42.1. The van der Waals surface area contributed by atoms with E-state index in [0.717, 1.165) is 22.3 Å². The van der Waals surface area contributed by atoms with Crippen molar-refractivity contribution in [3.63, 3.8) is 0 Å². The highest BCUT2D eigenvalue weighted by molar-refractivity contribution is 6.45. The number of hydrogen-bond acceptors (Lipinski definition) is 9. The number of halogens is 2. The minimum Gasteiger partial charge on any atom is -0.363 e. The van der Waals surface area contributed by atoms with E-state index in [0.29, 0.717) is 56.3 Å². The maximum absolute atomic E-state index is 13.3. The number of rotatable bonds is 12. The molecule has 8 rings (SSSR count). The second-order valence-corrected chi connectivity index (χ2v) is 14.9. The van der Waals surface area contributed by atoms with Gasteiger partial charge in [-0.3, -0.25) is 19.2 Å². The van der Waals surface area contributed by atoms with Crippen molar-refractivity contribution in [1.29, 1.82) is 0 Å². The van der Waals surface area contributed by atoms with Gasteiger partial charge in [-0.2, -0.15) is 0 Å². The molecular formula is C47H41F2N9O4. The molecule has 0 spiro atoms. The van der Waals surface area contributed by atoms with Crippen LogP contribution in [0, 0.1) is 11.6 Å². The van der Waals surface area contributed by atoms with Gasteiger partial charge in [-0.05, 0) is 102 Å². The summed E-state index contributed by atoms with van der Waals surface area (Å²) in [5.41, 5.74) is 17.9. The lowest BCUT2D eigenvalue weighted by atomic mass is 10.0. The van der Waals surface area contributed by atoms with E-state index in [2.05, 4.69) is 39.4 Å². The van der Waals surface area contributed by atoms with Gasteiger partial charge < -0.3 is 32.1 Å². The molecule has 8 aromatic rings. The van der Waals surface area contributed by atoms with Crippen LogP contribution < -0.4 is 22.1 Å². The first-order valence-corrected chi connectivity index (χ1v) is 19.5. The Kier molecular flexibility index (Phi) is 12.0. The Bertz CT molecular complexity index is 2790. The van der Waals surface area contributed by atoms with Crippen molar-refractivity contribution in [2.75, 3.05) is 10.6 Å². The molecule has 13 nitrogen and oxygen atoms in total. The highest BCUT2D eigenvalue weighted by Crippen LogP contribution is 2.35. The second kappa shape index (κ2) is 17.6. The maximum atomic E-state index is 13.3. The molecule has 0 bridgehead atoms. The molecule has 0 aliphatic heterocycles. The van der Waals surface area contributed by atoms with E-state index >= 15 is 0 Å². The van der Waals surface area contributed by atoms with Gasteiger partial charge in [0, 0.05) is 46.3 Å². The number of carbonyl (C=O) groups excluding carboxylic acids is 4. The number of pyridine rings is 3. The van der Waals surface area contributed by atoms with Crippen molar-refractivity contribution >= 4 is 68.3 Å². The lowest BCUT2D eigenvalue weighted by molar-refractivity contribution is -0.114. The number of amides is 2. The van der Waals surface area contributed by atoms with Crippen LogP contribution in [-0.2, 0) is 9.59 Å². The normalized spacial score (nSPS) is 11.1. The Morgan fingerprint density at radius 2 is 1.05 bits per heavy atom. The van der Waals surface area contributed by atoms with Gasteiger partial charge in [0.2, 0.25) is 0 Å². The van der Waals surface area contributed by atoms with Crippen LogP contribution in [0.1, 0.15) is 71.4 Å². The molecule has 0 atom stereocenters. The van der Waals surface area contributed by atoms with Gasteiger partial charge in [0.15, 0.2) is 0 Å². The van der Waals surface area contributed by atoms with Gasteiger partial charge in [-0.25, -0.2) is 23.7 Å². The number of nitrogens with one attached hydrogen (secondary N) is 4. The first-order valence-electron chi connectivity index (χ1n) is 19.5. The Morgan fingerprint density at radius 3 is 1.53 bits per heavy atom. The third-order valence-electron chi connectivity index (χ3n) is 10.1. The zero-order chi connectivity index (χ0) is 44.2. The lowest BCUT2D eigenvalue weighted by Crippen LogP contribution is -2.22. The number of aromatic nitrogens is 5. The zero-order valence-corrected chi connectivity index (χ0v) is 34.0. The molecule has 0 saturated heterocycles. The number of ketones is 2. The van der Waals surface area contributed by atoms with E-state index in [1.165, 1.54) is 36.7 Å². The Balaban J connectivity index is 0.000000186. The molecule has 5 aromatic heterocycles. The monoisotopic (exact) mass is 833 g/mol. The van der Waals surface area contributed by atoms with Gasteiger partial charge >= 0.3 is 0 Å². The van der Waals surface area contributed by atoms with Gasteiger partial charge in [0.05, 0.1) is 33.6 Å². The average Bonchev–Trinajstić information content (AvgIpc) is 3.90. The van der Waals surface area contributed by atoms with Gasteiger partial charge in [-0.1, -0.05) is 45.9 Å². The Hall–Kier alpha value is -8.07. The molecule has 0 unspecified atom stereocenters. The van der Waals surface area contributed by atoms with Crippen LogP contribution >= 0.6 is 0 Å². The molecule has 2 amide bonds. The van der Waals surface area contributed by atoms with Crippen molar-refractivity contribution < 1.29 is 28.0 Å². The number of nitrogens with zero attached hydrogens (tertiary/aromatic N) is 3. The molecule has 0 radical (unpaired) electrons. The fourth-order valence-electron chi connectivity index (χ4n) is 6.96. The standard InChI is InChI=1S/C24H21FN4O2.C23H20FN5O2/c1-13(2)16-10-11-18(14-6-8-15(25)9-7-14)28-24(16)29-20-5-3-4-19-21(20)17(12-27-19)22(30)23(26)31;1-12(2)15-7-8-17(13-3-5-14(24)6-4-13)28-22(15)29-18-9-10-26-23-19(18)16(11-27-23)20(30)21(25)31/h3-13,27H,1-2H3,(H2,26,31)(H,28,29);3-12H,1-2H3,(H2,25,31)(H2,26,27,28,29). The molecule has 3 aromatic carbocycles. The largest absolute Gasteiger partial charge is 0.363 e. The molecule has 62 heavy (non-hydrogen) atoms. The molecule has 8 N–H and O–H groups in total. The highest BCUT2D eigenvalue weighted by atomic mass is 19.1. The molecule has 0 saturated carbocycles. The summed E-state index contributed by atoms with van der Waals surface area (Å²) < 4.78 is 26.6. The molecule has 312 valence electrons. The van der Waals surface area contributed by atoms with Crippen molar-refractivity contribution in [2.24, 2.45) is 11.5 Å². The summed E-state index contributed by atoms with van der Waals surface area (Å²) in [4.78, 5) is 67.1. The van der Waals surface area contributed by atoms with Crippen LogP contribution in [0.5, 0.6) is 0 Å². The third-order valence-corrected chi connectivity index (χ3v) is 10.1. The van der Waals surface area contributed by atoms with Crippen molar-refractivity contribution in [2.45, 2.75) is 39.5 Å². The summed E-state index contributed by atoms with van der Waals surface area (Å²) in [6.07, 6.45) is 4.48. The number of aromatic amines is 2. The van der Waals surface area contributed by atoms with Crippen LogP contribution in [0.4, 0.5) is 31.8 Å². The summed E-state index contributed by atoms with van der Waals surface area (Å²) in [6.45, 7) is 8.19. The highest BCUT2D eigenvalue weighted by Gasteiger charge is 2.23.